The number of hydrogen-bond donors (Lipinski definition) is 0. The Bertz CT molecular complexity index is 763. The number of benzene rings is 2. The third kappa shape index (κ3) is 5.05. The van der Waals surface area contributed by atoms with E-state index in [-0.39, 0.29) is 11.8 Å². The van der Waals surface area contributed by atoms with Crippen molar-refractivity contribution in [3.8, 4) is 5.75 Å². The molecule has 3 rings (SSSR count). The number of nitrogens with zero attached hydrogens (tertiary/aromatic N) is 1. The van der Waals surface area contributed by atoms with Crippen molar-refractivity contribution < 1.29 is 18.7 Å². The van der Waals surface area contributed by atoms with E-state index in [1.807, 2.05) is 19.1 Å². The van der Waals surface area contributed by atoms with Gasteiger partial charge in [0.25, 0.3) is 0 Å². The average molecular weight is 357 g/mol. The molecular weight excluding hydrogens is 333 g/mol. The van der Waals surface area contributed by atoms with Crippen LogP contribution in [0.15, 0.2) is 42.5 Å². The molecule has 0 atom stereocenters. The molecule has 0 bridgehead atoms. The van der Waals surface area contributed by atoms with Crippen LogP contribution < -0.4 is 4.74 Å². The summed E-state index contributed by atoms with van der Waals surface area (Å²) >= 11 is 0. The Hall–Kier alpha value is -2.40. The molecule has 0 N–H and O–H groups in total. The van der Waals surface area contributed by atoms with Gasteiger partial charge in [0, 0.05) is 19.6 Å². The Kier molecular flexibility index (Phi) is 6.23. The van der Waals surface area contributed by atoms with Crippen LogP contribution in [-0.4, -0.2) is 30.6 Å². The van der Waals surface area contributed by atoms with Gasteiger partial charge in [0.05, 0.1) is 13.0 Å². The molecule has 0 radical (unpaired) electrons. The van der Waals surface area contributed by atoms with Crippen LogP contribution in [0.5, 0.6) is 5.75 Å². The first-order valence-electron chi connectivity index (χ1n) is 9.01. The van der Waals surface area contributed by atoms with Crippen LogP contribution in [0.4, 0.5) is 4.39 Å². The van der Waals surface area contributed by atoms with Gasteiger partial charge in [-0.05, 0) is 54.3 Å². The van der Waals surface area contributed by atoms with Gasteiger partial charge in [-0.1, -0.05) is 18.2 Å². The maximum absolute atomic E-state index is 13.2. The molecule has 0 saturated heterocycles. The lowest BCUT2D eigenvalue weighted by Crippen LogP contribution is -2.32. The highest BCUT2D eigenvalue weighted by Gasteiger charge is 2.17. The van der Waals surface area contributed by atoms with E-state index >= 15 is 0 Å². The third-order valence-electron chi connectivity index (χ3n) is 4.50. The molecule has 1 heterocycles. The fourth-order valence-electron chi connectivity index (χ4n) is 3.14. The Balaban J connectivity index is 1.54. The highest BCUT2D eigenvalue weighted by Crippen LogP contribution is 2.24. The number of hydrogen-bond acceptors (Lipinski definition) is 4. The molecule has 1 aliphatic rings. The van der Waals surface area contributed by atoms with Crippen LogP contribution in [-0.2, 0) is 29.1 Å². The molecule has 0 saturated carbocycles. The Morgan fingerprint density at radius 1 is 1.19 bits per heavy atom. The second kappa shape index (κ2) is 8.81. The molecular formula is C21H24FNO3. The molecule has 138 valence electrons. The molecule has 0 amide bonds. The normalized spacial score (nSPS) is 13.9. The van der Waals surface area contributed by atoms with E-state index in [1.165, 1.54) is 23.3 Å². The van der Waals surface area contributed by atoms with Crippen LogP contribution in [0.2, 0.25) is 0 Å². The number of fused-ring (bicyclic) bond motifs is 1. The van der Waals surface area contributed by atoms with Crippen molar-refractivity contribution in [2.24, 2.45) is 0 Å². The third-order valence-corrected chi connectivity index (χ3v) is 4.50. The zero-order valence-electron chi connectivity index (χ0n) is 15.0. The van der Waals surface area contributed by atoms with E-state index in [0.29, 0.717) is 19.6 Å². The first kappa shape index (κ1) is 18.4. The lowest BCUT2D eigenvalue weighted by Gasteiger charge is -2.28. The zero-order valence-corrected chi connectivity index (χ0v) is 15.0. The van der Waals surface area contributed by atoms with E-state index in [9.17, 15) is 9.18 Å². The second-order valence-corrected chi connectivity index (χ2v) is 6.43. The molecule has 26 heavy (non-hydrogen) atoms. The van der Waals surface area contributed by atoms with Crippen molar-refractivity contribution in [1.82, 2.24) is 4.90 Å². The van der Waals surface area contributed by atoms with Crippen molar-refractivity contribution >= 4 is 5.97 Å². The largest absolute Gasteiger partial charge is 0.489 e. The molecule has 5 heteroatoms. The van der Waals surface area contributed by atoms with Gasteiger partial charge in [0.1, 0.15) is 18.2 Å². The summed E-state index contributed by atoms with van der Waals surface area (Å²) in [5.74, 6) is 0.409. The molecule has 4 nitrogen and oxygen atoms in total. The summed E-state index contributed by atoms with van der Waals surface area (Å²) < 4.78 is 24.0. The standard InChI is InChI=1S/C21H24FNO3/c1-2-25-21(24)9-11-23-10-8-17-13-20(7-6-18(17)14-23)26-15-16-4-3-5-19(22)12-16/h3-7,12-13H,2,8-11,14-15H2,1H3. The van der Waals surface area contributed by atoms with Crippen molar-refractivity contribution in [3.63, 3.8) is 0 Å². The number of carbonyl (C=O) groups excluding carboxylic acids is 1. The average Bonchev–Trinajstić information content (AvgIpc) is 2.65. The smallest absolute Gasteiger partial charge is 0.307 e. The maximum Gasteiger partial charge on any atom is 0.307 e. The van der Waals surface area contributed by atoms with Gasteiger partial charge < -0.3 is 9.47 Å². The molecule has 2 aromatic carbocycles. The fraction of sp³-hybridized carbons (Fsp3) is 0.381. The van der Waals surface area contributed by atoms with E-state index in [0.717, 1.165) is 37.4 Å². The predicted octanol–water partition coefficient (Wildman–Crippen LogP) is 3.72. The van der Waals surface area contributed by atoms with Crippen LogP contribution in [0.1, 0.15) is 30.0 Å². The van der Waals surface area contributed by atoms with Crippen molar-refractivity contribution in [2.75, 3.05) is 19.7 Å². The van der Waals surface area contributed by atoms with Gasteiger partial charge in [-0.2, -0.15) is 0 Å². The number of rotatable bonds is 7. The molecule has 0 spiro atoms. The topological polar surface area (TPSA) is 38.8 Å². The van der Waals surface area contributed by atoms with E-state index < -0.39 is 0 Å². The van der Waals surface area contributed by atoms with Gasteiger partial charge >= 0.3 is 5.97 Å². The maximum atomic E-state index is 13.2. The summed E-state index contributed by atoms with van der Waals surface area (Å²) in [7, 11) is 0. The molecule has 2 aromatic rings. The van der Waals surface area contributed by atoms with Crippen LogP contribution in [0.25, 0.3) is 0 Å². The van der Waals surface area contributed by atoms with Crippen molar-refractivity contribution in [2.45, 2.75) is 32.9 Å². The van der Waals surface area contributed by atoms with Gasteiger partial charge in [-0.3, -0.25) is 9.69 Å². The number of ether oxygens (including phenoxy) is 2. The second-order valence-electron chi connectivity index (χ2n) is 6.43. The zero-order chi connectivity index (χ0) is 18.4. The minimum Gasteiger partial charge on any atom is -0.489 e. The van der Waals surface area contributed by atoms with E-state index in [2.05, 4.69) is 17.0 Å². The summed E-state index contributed by atoms with van der Waals surface area (Å²) in [6, 6.07) is 12.5. The quantitative estimate of drug-likeness (QED) is 0.708. The summed E-state index contributed by atoms with van der Waals surface area (Å²) in [4.78, 5) is 13.8. The van der Waals surface area contributed by atoms with Crippen LogP contribution >= 0.6 is 0 Å². The summed E-state index contributed by atoms with van der Waals surface area (Å²) in [5, 5.41) is 0. The first-order chi connectivity index (χ1) is 12.6. The Labute approximate surface area is 153 Å². The molecule has 0 unspecified atom stereocenters. The molecule has 1 aliphatic heterocycles. The number of carbonyl (C=O) groups is 1. The van der Waals surface area contributed by atoms with Crippen molar-refractivity contribution in [1.29, 1.82) is 0 Å². The Morgan fingerprint density at radius 3 is 2.88 bits per heavy atom. The lowest BCUT2D eigenvalue weighted by atomic mass is 9.99. The lowest BCUT2D eigenvalue weighted by molar-refractivity contribution is -0.143. The van der Waals surface area contributed by atoms with Gasteiger partial charge in [0.15, 0.2) is 0 Å². The molecule has 0 aliphatic carbocycles. The van der Waals surface area contributed by atoms with E-state index in [1.54, 1.807) is 6.07 Å². The van der Waals surface area contributed by atoms with E-state index in [4.69, 9.17) is 9.47 Å². The van der Waals surface area contributed by atoms with Crippen LogP contribution in [0.3, 0.4) is 0 Å². The highest BCUT2D eigenvalue weighted by molar-refractivity contribution is 5.69. The van der Waals surface area contributed by atoms with Gasteiger partial charge in [-0.15, -0.1) is 0 Å². The summed E-state index contributed by atoms with van der Waals surface area (Å²) in [5.41, 5.74) is 3.35. The fourth-order valence-corrected chi connectivity index (χ4v) is 3.14. The summed E-state index contributed by atoms with van der Waals surface area (Å²) in [6.45, 7) is 5.07. The summed E-state index contributed by atoms with van der Waals surface area (Å²) in [6.07, 6.45) is 1.35. The van der Waals surface area contributed by atoms with Crippen molar-refractivity contribution in [3.05, 3.63) is 65.0 Å². The predicted molar refractivity (Wildman–Crippen MR) is 97.4 cm³/mol. The number of esters is 1. The highest BCUT2D eigenvalue weighted by atomic mass is 19.1. The Morgan fingerprint density at radius 2 is 2.08 bits per heavy atom. The monoisotopic (exact) mass is 357 g/mol. The first-order valence-corrected chi connectivity index (χ1v) is 9.01. The molecule has 0 fully saturated rings. The van der Waals surface area contributed by atoms with Crippen LogP contribution in [0, 0.1) is 5.82 Å². The SMILES string of the molecule is CCOC(=O)CCN1CCc2cc(OCc3cccc(F)c3)ccc2C1. The minimum atomic E-state index is -0.251. The molecule has 0 aromatic heterocycles. The van der Waals surface area contributed by atoms with Gasteiger partial charge in [-0.25, -0.2) is 4.39 Å². The minimum absolute atomic E-state index is 0.139. The number of halogens is 1. The van der Waals surface area contributed by atoms with Gasteiger partial charge in [0.2, 0.25) is 0 Å².